The average Bonchev–Trinajstić information content (AvgIpc) is 3.27. The molecule has 4 N–H and O–H groups in total. The molecular weight excluding hydrogens is 398 g/mol. The van der Waals surface area contributed by atoms with Crippen molar-refractivity contribution in [2.75, 3.05) is 13.2 Å². The van der Waals surface area contributed by atoms with Gasteiger partial charge in [-0.05, 0) is 24.8 Å². The van der Waals surface area contributed by atoms with E-state index in [1.54, 1.807) is 10.4 Å². The zero-order chi connectivity index (χ0) is 22.6. The minimum atomic E-state index is -0.784. The fraction of sp³-hybridized carbons (Fsp3) is 0.609. The number of rotatable bonds is 12. The molecule has 8 nitrogen and oxygen atoms in total. The number of carbonyl (C=O) groups excluding carboxylic acids is 3. The molecule has 1 aromatic carbocycles. The summed E-state index contributed by atoms with van der Waals surface area (Å²) in [5.41, 5.74) is 2.51. The van der Waals surface area contributed by atoms with Gasteiger partial charge in [-0.1, -0.05) is 56.5 Å². The molecule has 0 aliphatic carbocycles. The van der Waals surface area contributed by atoms with Crippen LogP contribution in [0.1, 0.15) is 57.4 Å². The molecule has 0 saturated carbocycles. The monoisotopic (exact) mass is 433 g/mol. The van der Waals surface area contributed by atoms with E-state index in [2.05, 4.69) is 12.2 Å². The summed E-state index contributed by atoms with van der Waals surface area (Å²) in [5, 5.41) is 21.4. The highest BCUT2D eigenvalue weighted by Gasteiger charge is 2.34. The largest absolute Gasteiger partial charge is 0.394 e. The molecule has 1 saturated heterocycles. The number of carbonyl (C=O) groups is 3. The van der Waals surface area contributed by atoms with Crippen LogP contribution in [0.3, 0.4) is 0 Å². The Morgan fingerprint density at radius 1 is 1.19 bits per heavy atom. The van der Waals surface area contributed by atoms with E-state index in [4.69, 9.17) is 5.21 Å². The van der Waals surface area contributed by atoms with Gasteiger partial charge in [-0.3, -0.25) is 19.6 Å². The van der Waals surface area contributed by atoms with Gasteiger partial charge in [0.15, 0.2) is 0 Å². The van der Waals surface area contributed by atoms with Crippen LogP contribution in [0.4, 0.5) is 0 Å². The number of hydroxylamine groups is 1. The minimum absolute atomic E-state index is 0.103. The number of benzene rings is 1. The molecule has 172 valence electrons. The average molecular weight is 434 g/mol. The molecule has 1 aliphatic heterocycles. The van der Waals surface area contributed by atoms with E-state index in [-0.39, 0.29) is 30.9 Å². The second-order valence-electron chi connectivity index (χ2n) is 8.19. The maximum atomic E-state index is 13.3. The smallest absolute Gasteiger partial charge is 0.245 e. The summed E-state index contributed by atoms with van der Waals surface area (Å²) in [6.45, 7) is 2.50. The Bertz CT molecular complexity index is 712. The Kier molecular flexibility index (Phi) is 10.5. The molecule has 1 heterocycles. The predicted octanol–water partition coefficient (Wildman–Crippen LogP) is 1.79. The van der Waals surface area contributed by atoms with Gasteiger partial charge in [0.25, 0.3) is 0 Å². The number of nitrogens with one attached hydrogen (secondary N) is 2. The highest BCUT2D eigenvalue weighted by molar-refractivity contribution is 5.91. The van der Waals surface area contributed by atoms with Crippen molar-refractivity contribution in [1.82, 2.24) is 15.7 Å². The van der Waals surface area contributed by atoms with Crippen LogP contribution in [-0.4, -0.2) is 58.2 Å². The third-order valence-corrected chi connectivity index (χ3v) is 5.85. The van der Waals surface area contributed by atoms with E-state index in [9.17, 15) is 19.5 Å². The molecule has 31 heavy (non-hydrogen) atoms. The normalized spacial score (nSPS) is 17.8. The number of nitrogens with zero attached hydrogens (tertiary/aromatic N) is 1. The number of likely N-dealkylation sites (tertiary alicyclic amines) is 1. The van der Waals surface area contributed by atoms with Crippen molar-refractivity contribution in [3.63, 3.8) is 0 Å². The zero-order valence-corrected chi connectivity index (χ0v) is 18.3. The Labute approximate surface area is 184 Å². The van der Waals surface area contributed by atoms with Crippen molar-refractivity contribution in [1.29, 1.82) is 0 Å². The number of unbranched alkanes of at least 4 members (excludes halogenated alkanes) is 2. The fourth-order valence-electron chi connectivity index (χ4n) is 4.09. The molecule has 1 aliphatic rings. The highest BCUT2D eigenvalue weighted by atomic mass is 16.5. The molecule has 3 amide bonds. The molecular formula is C23H35N3O5. The summed E-state index contributed by atoms with van der Waals surface area (Å²) in [6, 6.07) is 8.43. The van der Waals surface area contributed by atoms with Crippen molar-refractivity contribution in [2.24, 2.45) is 5.92 Å². The predicted molar refractivity (Wildman–Crippen MR) is 116 cm³/mol. The standard InChI is InChI=1S/C23H35N3O5/c1-2-3-5-11-18(15-21(28)25-31)22(29)24-20(14-17-9-6-4-7-10-17)23(30)26-13-8-12-19(26)16-27/h4,6-7,9-10,18-20,27,31H,2-3,5,8,11-16H2,1H3,(H,24,29)(H,25,28)/t18-,19+,20+/m1/s1. The molecule has 8 heteroatoms. The van der Waals surface area contributed by atoms with Gasteiger partial charge >= 0.3 is 0 Å². The van der Waals surface area contributed by atoms with Crippen LogP contribution in [0, 0.1) is 5.92 Å². The second-order valence-corrected chi connectivity index (χ2v) is 8.19. The lowest BCUT2D eigenvalue weighted by molar-refractivity contribution is -0.139. The first kappa shape index (κ1) is 24.8. The molecule has 0 aromatic heterocycles. The van der Waals surface area contributed by atoms with E-state index < -0.39 is 17.9 Å². The summed E-state index contributed by atoms with van der Waals surface area (Å²) in [4.78, 5) is 39.7. The van der Waals surface area contributed by atoms with Crippen LogP contribution in [0.5, 0.6) is 0 Å². The van der Waals surface area contributed by atoms with E-state index in [0.29, 0.717) is 19.4 Å². The summed E-state index contributed by atoms with van der Waals surface area (Å²) in [6.07, 6.45) is 4.95. The zero-order valence-electron chi connectivity index (χ0n) is 18.3. The van der Waals surface area contributed by atoms with Gasteiger partial charge in [0.1, 0.15) is 6.04 Å². The molecule has 0 radical (unpaired) electrons. The van der Waals surface area contributed by atoms with Gasteiger partial charge < -0.3 is 15.3 Å². The minimum Gasteiger partial charge on any atom is -0.394 e. The van der Waals surface area contributed by atoms with E-state index in [0.717, 1.165) is 37.7 Å². The lowest BCUT2D eigenvalue weighted by Crippen LogP contribution is -2.53. The maximum absolute atomic E-state index is 13.3. The molecule has 1 fully saturated rings. The van der Waals surface area contributed by atoms with E-state index in [1.807, 2.05) is 30.3 Å². The first-order valence-corrected chi connectivity index (χ1v) is 11.2. The highest BCUT2D eigenvalue weighted by Crippen LogP contribution is 2.20. The van der Waals surface area contributed by atoms with E-state index >= 15 is 0 Å². The van der Waals surface area contributed by atoms with Crippen LogP contribution in [0.2, 0.25) is 0 Å². The Balaban J connectivity index is 2.17. The molecule has 2 rings (SSSR count). The number of aliphatic hydroxyl groups is 1. The van der Waals surface area contributed by atoms with Crippen LogP contribution < -0.4 is 10.8 Å². The van der Waals surface area contributed by atoms with Crippen LogP contribution >= 0.6 is 0 Å². The lowest BCUT2D eigenvalue weighted by Gasteiger charge is -2.29. The summed E-state index contributed by atoms with van der Waals surface area (Å²) >= 11 is 0. The SMILES string of the molecule is CCCCC[C@H](CC(=O)NO)C(=O)N[C@@H](Cc1ccccc1)C(=O)N1CCC[C@H]1CO. The number of aliphatic hydroxyl groups excluding tert-OH is 1. The van der Waals surface area contributed by atoms with Gasteiger partial charge in [0, 0.05) is 25.3 Å². The molecule has 0 unspecified atom stereocenters. The van der Waals surface area contributed by atoms with E-state index in [1.165, 1.54) is 0 Å². The van der Waals surface area contributed by atoms with Crippen LogP contribution in [0.15, 0.2) is 30.3 Å². The third-order valence-electron chi connectivity index (χ3n) is 5.85. The van der Waals surface area contributed by atoms with Crippen LogP contribution in [0.25, 0.3) is 0 Å². The third kappa shape index (κ3) is 7.63. The van der Waals surface area contributed by atoms with Crippen molar-refractivity contribution in [3.05, 3.63) is 35.9 Å². The van der Waals surface area contributed by atoms with Crippen molar-refractivity contribution < 1.29 is 24.7 Å². The van der Waals surface area contributed by atoms with Crippen molar-refractivity contribution in [3.8, 4) is 0 Å². The molecule has 3 atom stereocenters. The van der Waals surface area contributed by atoms with Gasteiger partial charge in [-0.2, -0.15) is 0 Å². The number of hydrogen-bond acceptors (Lipinski definition) is 5. The first-order chi connectivity index (χ1) is 15.0. The Morgan fingerprint density at radius 2 is 1.94 bits per heavy atom. The van der Waals surface area contributed by atoms with Gasteiger partial charge in [0.2, 0.25) is 17.7 Å². The summed E-state index contributed by atoms with van der Waals surface area (Å²) < 4.78 is 0. The number of hydrogen-bond donors (Lipinski definition) is 4. The summed E-state index contributed by atoms with van der Waals surface area (Å²) in [7, 11) is 0. The Morgan fingerprint density at radius 3 is 2.58 bits per heavy atom. The molecule has 0 spiro atoms. The Hall–Kier alpha value is -2.45. The van der Waals surface area contributed by atoms with Crippen molar-refractivity contribution >= 4 is 17.7 Å². The number of amides is 3. The molecule has 1 aromatic rings. The van der Waals surface area contributed by atoms with Crippen LogP contribution in [-0.2, 0) is 20.8 Å². The quantitative estimate of drug-likeness (QED) is 0.228. The lowest BCUT2D eigenvalue weighted by atomic mass is 9.95. The van der Waals surface area contributed by atoms with Crippen molar-refractivity contribution in [2.45, 2.75) is 70.4 Å². The first-order valence-electron chi connectivity index (χ1n) is 11.2. The summed E-state index contributed by atoms with van der Waals surface area (Å²) in [5.74, 6) is -1.83. The van der Waals surface area contributed by atoms with Gasteiger partial charge in [-0.25, -0.2) is 5.48 Å². The van der Waals surface area contributed by atoms with Gasteiger partial charge in [0.05, 0.1) is 12.6 Å². The topological polar surface area (TPSA) is 119 Å². The fourth-order valence-corrected chi connectivity index (χ4v) is 4.09. The second kappa shape index (κ2) is 13.1. The molecule has 0 bridgehead atoms. The van der Waals surface area contributed by atoms with Gasteiger partial charge in [-0.15, -0.1) is 0 Å². The maximum Gasteiger partial charge on any atom is 0.245 e.